The Bertz CT molecular complexity index is 725. The smallest absolute Gasteiger partial charge is 0.313 e. The van der Waals surface area contributed by atoms with Crippen molar-refractivity contribution in [2.24, 2.45) is 0 Å². The Morgan fingerprint density at radius 3 is 2.65 bits per heavy atom. The first-order chi connectivity index (χ1) is 11.1. The van der Waals surface area contributed by atoms with Gasteiger partial charge in [0.25, 0.3) is 5.91 Å². The Balaban J connectivity index is 1.88. The number of carboxylic acid groups (broad SMARTS) is 1. The van der Waals surface area contributed by atoms with Gasteiger partial charge >= 0.3 is 5.97 Å². The summed E-state index contributed by atoms with van der Waals surface area (Å²) in [6.07, 6.45) is 4.23. The molecule has 2 aromatic rings. The molecule has 0 radical (unpaired) electrons. The molecule has 1 aliphatic carbocycles. The van der Waals surface area contributed by atoms with Gasteiger partial charge in [0.2, 0.25) is 0 Å². The molecule has 1 aromatic carbocycles. The van der Waals surface area contributed by atoms with Gasteiger partial charge in [-0.2, -0.15) is 0 Å². The predicted octanol–water partition coefficient (Wildman–Crippen LogP) is 4.06. The molecule has 0 spiro atoms. The van der Waals surface area contributed by atoms with Crippen LogP contribution in [0.1, 0.15) is 33.6 Å². The van der Waals surface area contributed by atoms with Crippen molar-refractivity contribution in [2.45, 2.75) is 29.9 Å². The van der Waals surface area contributed by atoms with Crippen LogP contribution >= 0.6 is 23.1 Å². The van der Waals surface area contributed by atoms with Crippen molar-refractivity contribution in [3.05, 3.63) is 46.3 Å². The van der Waals surface area contributed by atoms with Gasteiger partial charge in [0.05, 0.1) is 15.6 Å². The number of carbonyl (C=O) groups is 2. The number of thioether (sulfide) groups is 1. The van der Waals surface area contributed by atoms with Crippen molar-refractivity contribution in [3.8, 4) is 0 Å². The highest BCUT2D eigenvalue weighted by atomic mass is 32.2. The van der Waals surface area contributed by atoms with Crippen LogP contribution in [0.4, 0.5) is 5.69 Å². The Hall–Kier alpha value is -1.79. The number of carbonyl (C=O) groups excluding carboxylic acids is 1. The first kappa shape index (κ1) is 16.1. The summed E-state index contributed by atoms with van der Waals surface area (Å²) >= 11 is 2.92. The predicted molar refractivity (Wildman–Crippen MR) is 93.7 cm³/mol. The van der Waals surface area contributed by atoms with Gasteiger partial charge in [-0.1, -0.05) is 18.2 Å². The van der Waals surface area contributed by atoms with Crippen LogP contribution in [-0.2, 0) is 17.6 Å². The van der Waals surface area contributed by atoms with Crippen molar-refractivity contribution < 1.29 is 14.7 Å². The number of rotatable bonds is 5. The second-order valence-electron chi connectivity index (χ2n) is 5.38. The summed E-state index contributed by atoms with van der Waals surface area (Å²) in [4.78, 5) is 24.6. The minimum absolute atomic E-state index is 0.00754. The molecular formula is C17H17NO3S2. The van der Waals surface area contributed by atoms with E-state index in [0.717, 1.165) is 35.6 Å². The van der Waals surface area contributed by atoms with Gasteiger partial charge in [-0.3, -0.25) is 9.59 Å². The molecule has 1 aromatic heterocycles. The number of hydrogen-bond acceptors (Lipinski definition) is 4. The maximum absolute atomic E-state index is 12.5. The molecular weight excluding hydrogens is 330 g/mol. The summed E-state index contributed by atoms with van der Waals surface area (Å²) in [5.41, 5.74) is 2.63. The van der Waals surface area contributed by atoms with E-state index in [2.05, 4.69) is 5.32 Å². The number of nitrogens with one attached hydrogen (secondary N) is 1. The largest absolute Gasteiger partial charge is 0.481 e. The van der Waals surface area contributed by atoms with Crippen molar-refractivity contribution in [2.75, 3.05) is 11.1 Å². The molecule has 120 valence electrons. The summed E-state index contributed by atoms with van der Waals surface area (Å²) in [5, 5.41) is 11.9. The molecule has 4 nitrogen and oxygen atoms in total. The Kier molecular flexibility index (Phi) is 5.03. The van der Waals surface area contributed by atoms with Gasteiger partial charge < -0.3 is 10.4 Å². The topological polar surface area (TPSA) is 66.4 Å². The summed E-state index contributed by atoms with van der Waals surface area (Å²) in [6.45, 7) is 0. The van der Waals surface area contributed by atoms with E-state index in [-0.39, 0.29) is 11.7 Å². The minimum Gasteiger partial charge on any atom is -0.481 e. The molecule has 0 atom stereocenters. The van der Waals surface area contributed by atoms with Crippen LogP contribution in [0.3, 0.4) is 0 Å². The van der Waals surface area contributed by atoms with Crippen LogP contribution in [-0.4, -0.2) is 22.7 Å². The SMILES string of the molecule is O=C(O)CSc1sc2c(c1NC(=O)c1ccccc1)CCCC2. The van der Waals surface area contributed by atoms with Crippen LogP contribution in [0, 0.1) is 0 Å². The zero-order valence-corrected chi connectivity index (χ0v) is 14.1. The van der Waals surface area contributed by atoms with Gasteiger partial charge in [-0.25, -0.2) is 0 Å². The first-order valence-corrected chi connectivity index (χ1v) is 9.31. The van der Waals surface area contributed by atoms with Crippen LogP contribution in [0.2, 0.25) is 0 Å². The molecule has 1 aliphatic rings. The number of aryl methyl sites for hydroxylation is 1. The standard InChI is InChI=1S/C17H17NO3S2/c19-14(20)10-22-17-15(12-8-4-5-9-13(12)23-17)18-16(21)11-6-2-1-3-7-11/h1-3,6-7H,4-5,8-10H2,(H,18,21)(H,19,20). The third-order valence-electron chi connectivity index (χ3n) is 3.74. The van der Waals surface area contributed by atoms with Gasteiger partial charge in [-0.05, 0) is 43.4 Å². The van der Waals surface area contributed by atoms with E-state index in [9.17, 15) is 9.59 Å². The van der Waals surface area contributed by atoms with Gasteiger partial charge in [0.15, 0.2) is 0 Å². The van der Waals surface area contributed by atoms with Crippen LogP contribution in [0.5, 0.6) is 0 Å². The minimum atomic E-state index is -0.846. The molecule has 2 N–H and O–H groups in total. The zero-order valence-electron chi connectivity index (χ0n) is 12.5. The molecule has 1 amide bonds. The summed E-state index contributed by atoms with van der Waals surface area (Å²) in [7, 11) is 0. The number of benzene rings is 1. The quantitative estimate of drug-likeness (QED) is 0.801. The number of aliphatic carboxylic acids is 1. The van der Waals surface area contributed by atoms with E-state index in [1.165, 1.54) is 22.2 Å². The maximum atomic E-state index is 12.5. The Morgan fingerprint density at radius 1 is 1.17 bits per heavy atom. The van der Waals surface area contributed by atoms with E-state index in [1.54, 1.807) is 23.5 Å². The summed E-state index contributed by atoms with van der Waals surface area (Å²) < 4.78 is 0.906. The fourth-order valence-electron chi connectivity index (χ4n) is 2.67. The maximum Gasteiger partial charge on any atom is 0.313 e. The third kappa shape index (κ3) is 3.76. The van der Waals surface area contributed by atoms with E-state index in [0.29, 0.717) is 5.56 Å². The lowest BCUT2D eigenvalue weighted by molar-refractivity contribution is -0.133. The lowest BCUT2D eigenvalue weighted by Crippen LogP contribution is -2.14. The lowest BCUT2D eigenvalue weighted by atomic mass is 9.98. The fourth-order valence-corrected chi connectivity index (χ4v) is 5.03. The van der Waals surface area contributed by atoms with Crippen molar-refractivity contribution in [1.29, 1.82) is 0 Å². The van der Waals surface area contributed by atoms with E-state index in [1.807, 2.05) is 18.2 Å². The lowest BCUT2D eigenvalue weighted by Gasteiger charge is -2.13. The van der Waals surface area contributed by atoms with Gasteiger partial charge in [-0.15, -0.1) is 23.1 Å². The molecule has 6 heteroatoms. The number of anilines is 1. The zero-order chi connectivity index (χ0) is 16.2. The number of thiophene rings is 1. The highest BCUT2D eigenvalue weighted by Gasteiger charge is 2.23. The highest BCUT2D eigenvalue weighted by Crippen LogP contribution is 2.43. The Morgan fingerprint density at radius 2 is 1.91 bits per heavy atom. The summed E-state index contributed by atoms with van der Waals surface area (Å²) in [5.74, 6) is -0.983. The molecule has 0 unspecified atom stereocenters. The molecule has 0 fully saturated rings. The second kappa shape index (κ2) is 7.19. The molecule has 0 bridgehead atoms. The summed E-state index contributed by atoms with van der Waals surface area (Å²) in [6, 6.07) is 9.09. The normalized spacial score (nSPS) is 13.4. The van der Waals surface area contributed by atoms with Gasteiger partial charge in [0.1, 0.15) is 0 Å². The third-order valence-corrected chi connectivity index (χ3v) is 6.29. The van der Waals surface area contributed by atoms with Crippen molar-refractivity contribution in [3.63, 3.8) is 0 Å². The molecule has 3 rings (SSSR count). The number of amides is 1. The fraction of sp³-hybridized carbons (Fsp3) is 0.294. The van der Waals surface area contributed by atoms with Crippen LogP contribution in [0.15, 0.2) is 34.5 Å². The first-order valence-electron chi connectivity index (χ1n) is 7.50. The van der Waals surface area contributed by atoms with Crippen LogP contribution in [0.25, 0.3) is 0 Å². The van der Waals surface area contributed by atoms with Crippen molar-refractivity contribution >= 4 is 40.7 Å². The van der Waals surface area contributed by atoms with Crippen LogP contribution < -0.4 is 5.32 Å². The monoisotopic (exact) mass is 347 g/mol. The molecule has 23 heavy (non-hydrogen) atoms. The number of carboxylic acids is 1. The Labute approximate surface area is 142 Å². The average Bonchev–Trinajstić information content (AvgIpc) is 2.91. The molecule has 0 saturated heterocycles. The molecule has 0 saturated carbocycles. The number of hydrogen-bond donors (Lipinski definition) is 2. The van der Waals surface area contributed by atoms with E-state index < -0.39 is 5.97 Å². The van der Waals surface area contributed by atoms with E-state index in [4.69, 9.17) is 5.11 Å². The van der Waals surface area contributed by atoms with Gasteiger partial charge in [0, 0.05) is 10.4 Å². The second-order valence-corrected chi connectivity index (χ2v) is 7.73. The molecule has 1 heterocycles. The van der Waals surface area contributed by atoms with E-state index >= 15 is 0 Å². The highest BCUT2D eigenvalue weighted by molar-refractivity contribution is 8.01. The molecule has 0 aliphatic heterocycles. The average molecular weight is 347 g/mol. The number of fused-ring (bicyclic) bond motifs is 1. The van der Waals surface area contributed by atoms with Crippen molar-refractivity contribution in [1.82, 2.24) is 0 Å².